The molecule has 0 aliphatic heterocycles. The molecule has 16 heavy (non-hydrogen) atoms. The first-order chi connectivity index (χ1) is 7.65. The van der Waals surface area contributed by atoms with Crippen LogP contribution in [0.2, 0.25) is 0 Å². The molecule has 3 nitrogen and oxygen atoms in total. The lowest BCUT2D eigenvalue weighted by molar-refractivity contribution is 1.15. The molecule has 1 heterocycles. The summed E-state index contributed by atoms with van der Waals surface area (Å²) in [5.41, 5.74) is 3.43. The van der Waals surface area contributed by atoms with Crippen molar-refractivity contribution in [2.24, 2.45) is 0 Å². The molecule has 2 rings (SSSR count). The van der Waals surface area contributed by atoms with E-state index < -0.39 is 0 Å². The van der Waals surface area contributed by atoms with Gasteiger partial charge in [-0.05, 0) is 47.0 Å². The van der Waals surface area contributed by atoms with Gasteiger partial charge in [0, 0.05) is 18.1 Å². The number of hydrogen-bond acceptors (Lipinski definition) is 3. The Balaban J connectivity index is 2.26. The number of rotatable bonds is 2. The van der Waals surface area contributed by atoms with Crippen molar-refractivity contribution >= 4 is 27.6 Å². The number of nitrogens with zero attached hydrogens (tertiary/aromatic N) is 2. The van der Waals surface area contributed by atoms with Gasteiger partial charge in [-0.2, -0.15) is 0 Å². The smallest absolute Gasteiger partial charge is 0.227 e. The fourth-order valence-electron chi connectivity index (χ4n) is 1.37. The molecule has 0 amide bonds. The van der Waals surface area contributed by atoms with E-state index in [9.17, 15) is 0 Å². The second-order valence-electron chi connectivity index (χ2n) is 3.67. The van der Waals surface area contributed by atoms with Crippen LogP contribution in [0.4, 0.5) is 11.6 Å². The maximum absolute atomic E-state index is 4.18. The highest BCUT2D eigenvalue weighted by Crippen LogP contribution is 2.19. The summed E-state index contributed by atoms with van der Waals surface area (Å²) in [5.74, 6) is 0.608. The third kappa shape index (κ3) is 2.58. The average Bonchev–Trinajstić information content (AvgIpc) is 2.27. The molecular weight excluding hydrogens is 266 g/mol. The minimum absolute atomic E-state index is 0.608. The molecule has 1 aromatic carbocycles. The Morgan fingerprint density at radius 1 is 1.12 bits per heavy atom. The summed E-state index contributed by atoms with van der Waals surface area (Å²) in [6, 6.07) is 6.25. The van der Waals surface area contributed by atoms with Crippen molar-refractivity contribution < 1.29 is 0 Å². The molecule has 0 spiro atoms. The molecule has 0 aliphatic carbocycles. The molecular formula is C12H12BrN3. The van der Waals surface area contributed by atoms with E-state index in [0.717, 1.165) is 10.2 Å². The van der Waals surface area contributed by atoms with Crippen LogP contribution in [0.5, 0.6) is 0 Å². The molecule has 0 bridgehead atoms. The fraction of sp³-hybridized carbons (Fsp3) is 0.167. The van der Waals surface area contributed by atoms with E-state index in [0.29, 0.717) is 5.95 Å². The van der Waals surface area contributed by atoms with Crippen molar-refractivity contribution in [1.29, 1.82) is 0 Å². The van der Waals surface area contributed by atoms with Crippen molar-refractivity contribution in [3.8, 4) is 0 Å². The Hall–Kier alpha value is -1.42. The van der Waals surface area contributed by atoms with Crippen molar-refractivity contribution in [3.63, 3.8) is 0 Å². The predicted molar refractivity (Wildman–Crippen MR) is 68.9 cm³/mol. The second kappa shape index (κ2) is 4.61. The Morgan fingerprint density at radius 2 is 1.81 bits per heavy atom. The van der Waals surface area contributed by atoms with Crippen LogP contribution >= 0.6 is 15.9 Å². The number of benzene rings is 1. The fourth-order valence-corrected chi connectivity index (χ4v) is 1.57. The van der Waals surface area contributed by atoms with E-state index >= 15 is 0 Å². The van der Waals surface area contributed by atoms with Crippen LogP contribution in [-0.2, 0) is 0 Å². The van der Waals surface area contributed by atoms with Gasteiger partial charge in [0.25, 0.3) is 0 Å². The Kier molecular flexibility index (Phi) is 3.19. The summed E-state index contributed by atoms with van der Waals surface area (Å²) in [5, 5.41) is 3.20. The summed E-state index contributed by atoms with van der Waals surface area (Å²) < 4.78 is 0.874. The molecule has 0 radical (unpaired) electrons. The number of aryl methyl sites for hydroxylation is 2. The first-order valence-electron chi connectivity index (χ1n) is 4.97. The maximum atomic E-state index is 4.18. The lowest BCUT2D eigenvalue weighted by Crippen LogP contribution is -1.98. The molecule has 0 atom stereocenters. The van der Waals surface area contributed by atoms with Gasteiger partial charge in [0.15, 0.2) is 0 Å². The highest BCUT2D eigenvalue weighted by molar-refractivity contribution is 9.10. The second-order valence-corrected chi connectivity index (χ2v) is 4.58. The van der Waals surface area contributed by atoms with Gasteiger partial charge in [-0.25, -0.2) is 9.97 Å². The molecule has 82 valence electrons. The van der Waals surface area contributed by atoms with Crippen LogP contribution in [0.3, 0.4) is 0 Å². The predicted octanol–water partition coefficient (Wildman–Crippen LogP) is 3.60. The van der Waals surface area contributed by atoms with Gasteiger partial charge < -0.3 is 5.32 Å². The zero-order valence-electron chi connectivity index (χ0n) is 9.16. The number of anilines is 2. The zero-order chi connectivity index (χ0) is 11.5. The van der Waals surface area contributed by atoms with Gasteiger partial charge in [0.05, 0.1) is 4.47 Å². The van der Waals surface area contributed by atoms with E-state index in [-0.39, 0.29) is 0 Å². The highest BCUT2D eigenvalue weighted by Gasteiger charge is 2.01. The summed E-state index contributed by atoms with van der Waals surface area (Å²) in [6.07, 6.45) is 3.45. The van der Waals surface area contributed by atoms with E-state index in [2.05, 4.69) is 63.3 Å². The monoisotopic (exact) mass is 277 g/mol. The Labute approximate surface area is 103 Å². The van der Waals surface area contributed by atoms with Gasteiger partial charge in [-0.1, -0.05) is 12.1 Å². The topological polar surface area (TPSA) is 37.8 Å². The minimum Gasteiger partial charge on any atom is -0.324 e. The third-order valence-electron chi connectivity index (χ3n) is 2.26. The standard InChI is InChI=1S/C12H12BrN3/c1-8-3-4-9(2)11(5-8)16-12-14-6-10(13)7-15-12/h3-7H,1-2H3,(H,14,15,16). The molecule has 1 aromatic heterocycles. The summed E-state index contributed by atoms with van der Waals surface area (Å²) >= 11 is 3.30. The van der Waals surface area contributed by atoms with Crippen LogP contribution in [0.1, 0.15) is 11.1 Å². The van der Waals surface area contributed by atoms with Gasteiger partial charge >= 0.3 is 0 Å². The summed E-state index contributed by atoms with van der Waals surface area (Å²) in [7, 11) is 0. The molecule has 0 unspecified atom stereocenters. The van der Waals surface area contributed by atoms with Gasteiger partial charge in [-0.3, -0.25) is 0 Å². The number of nitrogens with one attached hydrogen (secondary N) is 1. The molecule has 2 aromatic rings. The van der Waals surface area contributed by atoms with Crippen molar-refractivity contribution in [3.05, 3.63) is 46.2 Å². The maximum Gasteiger partial charge on any atom is 0.227 e. The van der Waals surface area contributed by atoms with E-state index in [1.807, 2.05) is 0 Å². The zero-order valence-corrected chi connectivity index (χ0v) is 10.7. The Bertz CT molecular complexity index is 494. The van der Waals surface area contributed by atoms with Crippen LogP contribution in [-0.4, -0.2) is 9.97 Å². The highest BCUT2D eigenvalue weighted by atomic mass is 79.9. The quantitative estimate of drug-likeness (QED) is 0.912. The normalized spacial score (nSPS) is 10.2. The van der Waals surface area contributed by atoms with E-state index in [1.54, 1.807) is 12.4 Å². The van der Waals surface area contributed by atoms with E-state index in [1.165, 1.54) is 11.1 Å². The average molecular weight is 278 g/mol. The summed E-state index contributed by atoms with van der Waals surface area (Å²) in [6.45, 7) is 4.12. The molecule has 4 heteroatoms. The molecule has 0 aliphatic rings. The number of aromatic nitrogens is 2. The van der Waals surface area contributed by atoms with E-state index in [4.69, 9.17) is 0 Å². The van der Waals surface area contributed by atoms with Gasteiger partial charge in [0.2, 0.25) is 5.95 Å². The van der Waals surface area contributed by atoms with Gasteiger partial charge in [-0.15, -0.1) is 0 Å². The first-order valence-corrected chi connectivity index (χ1v) is 5.76. The lowest BCUT2D eigenvalue weighted by Gasteiger charge is -2.08. The molecule has 1 N–H and O–H groups in total. The molecule has 0 saturated heterocycles. The SMILES string of the molecule is Cc1ccc(C)c(Nc2ncc(Br)cn2)c1. The Morgan fingerprint density at radius 3 is 2.50 bits per heavy atom. The van der Waals surface area contributed by atoms with Crippen LogP contribution in [0, 0.1) is 13.8 Å². The van der Waals surface area contributed by atoms with Crippen LogP contribution < -0.4 is 5.32 Å². The summed E-state index contributed by atoms with van der Waals surface area (Å²) in [4.78, 5) is 8.35. The third-order valence-corrected chi connectivity index (χ3v) is 2.67. The largest absolute Gasteiger partial charge is 0.324 e. The lowest BCUT2D eigenvalue weighted by atomic mass is 10.1. The van der Waals surface area contributed by atoms with Gasteiger partial charge in [0.1, 0.15) is 0 Å². The number of halogens is 1. The van der Waals surface area contributed by atoms with Crippen molar-refractivity contribution in [2.75, 3.05) is 5.32 Å². The van der Waals surface area contributed by atoms with Crippen molar-refractivity contribution in [2.45, 2.75) is 13.8 Å². The molecule has 0 saturated carbocycles. The van der Waals surface area contributed by atoms with Crippen molar-refractivity contribution in [1.82, 2.24) is 9.97 Å². The van der Waals surface area contributed by atoms with Crippen LogP contribution in [0.15, 0.2) is 35.1 Å². The van der Waals surface area contributed by atoms with Crippen LogP contribution in [0.25, 0.3) is 0 Å². The number of hydrogen-bond donors (Lipinski definition) is 1. The first kappa shape index (κ1) is 11.1. The minimum atomic E-state index is 0.608. The molecule has 0 fully saturated rings.